The summed E-state index contributed by atoms with van der Waals surface area (Å²) in [6.45, 7) is 8.14. The minimum atomic E-state index is 0.167. The Morgan fingerprint density at radius 2 is 2.04 bits per heavy atom. The highest BCUT2D eigenvalue weighted by molar-refractivity contribution is 5.78. The van der Waals surface area contributed by atoms with Crippen LogP contribution in [-0.2, 0) is 17.8 Å². The van der Waals surface area contributed by atoms with E-state index in [0.717, 1.165) is 25.1 Å². The van der Waals surface area contributed by atoms with Gasteiger partial charge in [0.05, 0.1) is 18.8 Å². The first-order chi connectivity index (χ1) is 11.5. The quantitative estimate of drug-likeness (QED) is 0.917. The standard InChI is InChI=1S/C19H26N4O/c1-14-10-21-23(12-14)16(3)15(2)20-11-19(24)22-9-8-17-6-4-5-7-18(17)13-22/h4-7,10,12,15-16,20H,8-9,11,13H2,1-3H3/t15-,16-/m1/s1. The number of hydrogen-bond acceptors (Lipinski definition) is 3. The van der Waals surface area contributed by atoms with Crippen LogP contribution in [0.2, 0.25) is 0 Å². The lowest BCUT2D eigenvalue weighted by molar-refractivity contribution is -0.131. The Bertz CT molecular complexity index is 709. The molecule has 0 bridgehead atoms. The topological polar surface area (TPSA) is 50.2 Å². The second kappa shape index (κ2) is 7.18. The van der Waals surface area contributed by atoms with Gasteiger partial charge in [-0.1, -0.05) is 24.3 Å². The Hall–Kier alpha value is -2.14. The molecular weight excluding hydrogens is 300 g/mol. The summed E-state index contributed by atoms with van der Waals surface area (Å²) in [6.07, 6.45) is 4.84. The zero-order valence-corrected chi connectivity index (χ0v) is 14.7. The summed E-state index contributed by atoms with van der Waals surface area (Å²) in [5, 5.41) is 7.72. The van der Waals surface area contributed by atoms with E-state index in [-0.39, 0.29) is 18.0 Å². The molecule has 24 heavy (non-hydrogen) atoms. The molecule has 0 unspecified atom stereocenters. The summed E-state index contributed by atoms with van der Waals surface area (Å²) in [6, 6.07) is 8.76. The molecule has 1 aromatic carbocycles. The van der Waals surface area contributed by atoms with Crippen molar-refractivity contribution in [3.8, 4) is 0 Å². The van der Waals surface area contributed by atoms with Crippen molar-refractivity contribution in [2.75, 3.05) is 13.1 Å². The Morgan fingerprint density at radius 3 is 2.75 bits per heavy atom. The number of carbonyl (C=O) groups is 1. The Balaban J connectivity index is 1.52. The van der Waals surface area contributed by atoms with Crippen LogP contribution in [0, 0.1) is 6.92 Å². The summed E-state index contributed by atoms with van der Waals surface area (Å²) >= 11 is 0. The third-order valence-electron chi connectivity index (χ3n) is 4.93. The second-order valence-corrected chi connectivity index (χ2v) is 6.74. The molecule has 1 N–H and O–H groups in total. The molecule has 128 valence electrons. The van der Waals surface area contributed by atoms with E-state index in [0.29, 0.717) is 6.54 Å². The Labute approximate surface area is 143 Å². The van der Waals surface area contributed by atoms with Gasteiger partial charge in [-0.3, -0.25) is 9.48 Å². The number of rotatable bonds is 5. The maximum Gasteiger partial charge on any atom is 0.236 e. The van der Waals surface area contributed by atoms with E-state index < -0.39 is 0 Å². The van der Waals surface area contributed by atoms with Crippen LogP contribution in [0.15, 0.2) is 36.7 Å². The maximum absolute atomic E-state index is 12.5. The van der Waals surface area contributed by atoms with Crippen molar-refractivity contribution in [3.63, 3.8) is 0 Å². The Morgan fingerprint density at radius 1 is 1.29 bits per heavy atom. The third kappa shape index (κ3) is 3.67. The van der Waals surface area contributed by atoms with Gasteiger partial charge >= 0.3 is 0 Å². The second-order valence-electron chi connectivity index (χ2n) is 6.74. The van der Waals surface area contributed by atoms with Crippen molar-refractivity contribution in [1.29, 1.82) is 0 Å². The molecule has 1 aliphatic rings. The van der Waals surface area contributed by atoms with Crippen LogP contribution < -0.4 is 5.32 Å². The van der Waals surface area contributed by atoms with Crippen LogP contribution in [-0.4, -0.2) is 39.7 Å². The van der Waals surface area contributed by atoms with Gasteiger partial charge in [-0.15, -0.1) is 0 Å². The van der Waals surface area contributed by atoms with E-state index in [1.165, 1.54) is 11.1 Å². The van der Waals surface area contributed by atoms with Crippen LogP contribution in [0.25, 0.3) is 0 Å². The zero-order chi connectivity index (χ0) is 17.1. The van der Waals surface area contributed by atoms with Crippen molar-refractivity contribution >= 4 is 5.91 Å². The molecule has 5 nitrogen and oxygen atoms in total. The molecule has 1 amide bonds. The first kappa shape index (κ1) is 16.7. The van der Waals surface area contributed by atoms with Gasteiger partial charge in [-0.05, 0) is 43.9 Å². The molecule has 3 rings (SSSR count). The van der Waals surface area contributed by atoms with E-state index in [1.807, 2.05) is 35.0 Å². The van der Waals surface area contributed by atoms with E-state index in [1.54, 1.807) is 0 Å². The van der Waals surface area contributed by atoms with Crippen LogP contribution in [0.5, 0.6) is 0 Å². The van der Waals surface area contributed by atoms with E-state index >= 15 is 0 Å². The fourth-order valence-electron chi connectivity index (χ4n) is 3.12. The number of nitrogens with one attached hydrogen (secondary N) is 1. The van der Waals surface area contributed by atoms with Crippen LogP contribution >= 0.6 is 0 Å². The predicted octanol–water partition coefficient (Wildman–Crippen LogP) is 2.32. The molecule has 2 aromatic rings. The van der Waals surface area contributed by atoms with Crippen molar-refractivity contribution in [2.45, 2.75) is 45.8 Å². The molecular formula is C19H26N4O. The summed E-state index contributed by atoms with van der Waals surface area (Å²) < 4.78 is 1.95. The molecule has 2 atom stereocenters. The average Bonchev–Trinajstić information content (AvgIpc) is 3.04. The highest BCUT2D eigenvalue weighted by Gasteiger charge is 2.21. The van der Waals surface area contributed by atoms with Gasteiger partial charge in [-0.2, -0.15) is 5.10 Å². The van der Waals surface area contributed by atoms with Gasteiger partial charge in [0.1, 0.15) is 0 Å². The SMILES string of the molecule is Cc1cnn([C@H](C)[C@@H](C)NCC(=O)N2CCc3ccccc3C2)c1. The third-order valence-corrected chi connectivity index (χ3v) is 4.93. The number of hydrogen-bond donors (Lipinski definition) is 1. The van der Waals surface area contributed by atoms with Gasteiger partial charge in [0.25, 0.3) is 0 Å². The monoisotopic (exact) mass is 326 g/mol. The number of nitrogens with zero attached hydrogens (tertiary/aromatic N) is 3. The first-order valence-corrected chi connectivity index (χ1v) is 8.63. The molecule has 1 aromatic heterocycles. The normalized spacial score (nSPS) is 16.5. The van der Waals surface area contributed by atoms with Gasteiger partial charge in [-0.25, -0.2) is 0 Å². The summed E-state index contributed by atoms with van der Waals surface area (Å²) in [5.41, 5.74) is 3.79. The molecule has 0 aliphatic carbocycles. The van der Waals surface area contributed by atoms with Gasteiger partial charge < -0.3 is 10.2 Å². The largest absolute Gasteiger partial charge is 0.337 e. The van der Waals surface area contributed by atoms with E-state index in [9.17, 15) is 4.79 Å². The van der Waals surface area contributed by atoms with Crippen molar-refractivity contribution < 1.29 is 4.79 Å². The molecule has 5 heteroatoms. The van der Waals surface area contributed by atoms with Crippen LogP contribution in [0.1, 0.15) is 36.6 Å². The highest BCUT2D eigenvalue weighted by Crippen LogP contribution is 2.18. The van der Waals surface area contributed by atoms with E-state index in [2.05, 4.69) is 42.5 Å². The van der Waals surface area contributed by atoms with Crippen molar-refractivity contribution in [3.05, 3.63) is 53.3 Å². The van der Waals surface area contributed by atoms with Crippen LogP contribution in [0.4, 0.5) is 0 Å². The fourth-order valence-corrected chi connectivity index (χ4v) is 3.12. The fraction of sp³-hybridized carbons (Fsp3) is 0.474. The lowest BCUT2D eigenvalue weighted by Gasteiger charge is -2.30. The molecule has 0 spiro atoms. The van der Waals surface area contributed by atoms with Gasteiger partial charge in [0, 0.05) is 25.3 Å². The van der Waals surface area contributed by atoms with Crippen molar-refractivity contribution in [1.82, 2.24) is 20.0 Å². The summed E-state index contributed by atoms with van der Waals surface area (Å²) in [5.74, 6) is 0.167. The number of aryl methyl sites for hydroxylation is 1. The number of benzene rings is 1. The Kier molecular flexibility index (Phi) is 5.00. The first-order valence-electron chi connectivity index (χ1n) is 8.63. The number of aromatic nitrogens is 2. The zero-order valence-electron chi connectivity index (χ0n) is 14.7. The summed E-state index contributed by atoms with van der Waals surface area (Å²) in [4.78, 5) is 14.5. The highest BCUT2D eigenvalue weighted by atomic mass is 16.2. The summed E-state index contributed by atoms with van der Waals surface area (Å²) in [7, 11) is 0. The average molecular weight is 326 g/mol. The molecule has 0 fully saturated rings. The lowest BCUT2D eigenvalue weighted by atomic mass is 10.00. The molecule has 0 radical (unpaired) electrons. The van der Waals surface area contributed by atoms with E-state index in [4.69, 9.17) is 0 Å². The smallest absolute Gasteiger partial charge is 0.236 e. The number of fused-ring (bicyclic) bond motifs is 1. The number of carbonyl (C=O) groups excluding carboxylic acids is 1. The predicted molar refractivity (Wildman–Crippen MR) is 94.7 cm³/mol. The molecule has 2 heterocycles. The van der Waals surface area contributed by atoms with Crippen molar-refractivity contribution in [2.24, 2.45) is 0 Å². The lowest BCUT2D eigenvalue weighted by Crippen LogP contribution is -2.44. The minimum Gasteiger partial charge on any atom is -0.337 e. The van der Waals surface area contributed by atoms with Gasteiger partial charge in [0.15, 0.2) is 0 Å². The molecule has 0 saturated carbocycles. The maximum atomic E-state index is 12.5. The van der Waals surface area contributed by atoms with Crippen LogP contribution in [0.3, 0.4) is 0 Å². The molecule has 1 aliphatic heterocycles. The molecule has 0 saturated heterocycles. The number of amides is 1. The van der Waals surface area contributed by atoms with Gasteiger partial charge in [0.2, 0.25) is 5.91 Å². The minimum absolute atomic E-state index is 0.167.